The van der Waals surface area contributed by atoms with Gasteiger partial charge in [-0.3, -0.25) is 0 Å². The molecule has 0 unspecified atom stereocenters. The average Bonchev–Trinajstić information content (AvgIpc) is 2.75. The van der Waals surface area contributed by atoms with E-state index in [4.69, 9.17) is 20.9 Å². The van der Waals surface area contributed by atoms with Crippen LogP contribution in [0.2, 0.25) is 5.02 Å². The van der Waals surface area contributed by atoms with Gasteiger partial charge in [0, 0.05) is 14.0 Å². The predicted octanol–water partition coefficient (Wildman–Crippen LogP) is 1.47. The Morgan fingerprint density at radius 3 is 2.83 bits per heavy atom. The second-order valence-electron chi connectivity index (χ2n) is 3.61. The summed E-state index contributed by atoms with van der Waals surface area (Å²) in [6, 6.07) is 0.255. The number of methoxy groups -OCH3 is 1. The molecule has 0 bridgehead atoms. The molecule has 0 amide bonds. The van der Waals surface area contributed by atoms with Crippen LogP contribution in [0.3, 0.4) is 0 Å². The molecule has 0 atom stereocenters. The van der Waals surface area contributed by atoms with Gasteiger partial charge in [-0.05, 0) is 0 Å². The average molecular weight is 270 g/mol. The lowest BCUT2D eigenvalue weighted by atomic mass is 10.4. The Labute approximate surface area is 109 Å². The van der Waals surface area contributed by atoms with Crippen LogP contribution in [-0.4, -0.2) is 34.3 Å². The van der Waals surface area contributed by atoms with Gasteiger partial charge in [0.1, 0.15) is 5.02 Å². The highest BCUT2D eigenvalue weighted by atomic mass is 35.5. The second kappa shape index (κ2) is 5.18. The molecule has 0 saturated heterocycles. The molecule has 0 saturated carbocycles. The maximum Gasteiger partial charge on any atom is 0.318 e. The quantitative estimate of drug-likeness (QED) is 0.831. The lowest BCUT2D eigenvalue weighted by molar-refractivity contribution is 0.379. The van der Waals surface area contributed by atoms with Gasteiger partial charge in [-0.1, -0.05) is 16.8 Å². The number of rotatable bonds is 4. The molecule has 0 N–H and O–H groups in total. The Hall–Kier alpha value is -1.89. The Morgan fingerprint density at radius 1 is 1.44 bits per heavy atom. The summed E-state index contributed by atoms with van der Waals surface area (Å²) in [5.74, 6) is 1.62. The van der Waals surface area contributed by atoms with E-state index in [-0.39, 0.29) is 6.01 Å². The smallest absolute Gasteiger partial charge is 0.318 e. The molecule has 0 aromatic carbocycles. The van der Waals surface area contributed by atoms with Crippen molar-refractivity contribution in [3.05, 3.63) is 22.9 Å². The summed E-state index contributed by atoms with van der Waals surface area (Å²) in [4.78, 5) is 14.0. The van der Waals surface area contributed by atoms with Crippen LogP contribution in [0.1, 0.15) is 11.7 Å². The molecule has 8 heteroatoms. The summed E-state index contributed by atoms with van der Waals surface area (Å²) in [6.07, 6.45) is 1.49. The van der Waals surface area contributed by atoms with Crippen LogP contribution < -0.4 is 9.64 Å². The summed E-state index contributed by atoms with van der Waals surface area (Å²) in [5.41, 5.74) is 0. The van der Waals surface area contributed by atoms with E-state index in [1.807, 2.05) is 7.05 Å². The summed E-state index contributed by atoms with van der Waals surface area (Å²) in [6.45, 7) is 2.16. The van der Waals surface area contributed by atoms with Crippen molar-refractivity contribution in [2.75, 3.05) is 19.1 Å². The zero-order chi connectivity index (χ0) is 13.1. The Kier molecular flexibility index (Phi) is 3.61. The van der Waals surface area contributed by atoms with Crippen molar-refractivity contribution in [1.29, 1.82) is 0 Å². The summed E-state index contributed by atoms with van der Waals surface area (Å²) in [7, 11) is 3.31. The van der Waals surface area contributed by atoms with Crippen molar-refractivity contribution in [2.45, 2.75) is 13.5 Å². The van der Waals surface area contributed by atoms with Gasteiger partial charge >= 0.3 is 6.01 Å². The zero-order valence-electron chi connectivity index (χ0n) is 10.2. The minimum atomic E-state index is 0.255. The van der Waals surface area contributed by atoms with Crippen LogP contribution in [-0.2, 0) is 6.54 Å². The Balaban J connectivity index is 2.20. The molecule has 2 aromatic rings. The van der Waals surface area contributed by atoms with Gasteiger partial charge in [0.2, 0.25) is 5.89 Å². The molecule has 2 heterocycles. The van der Waals surface area contributed by atoms with Gasteiger partial charge in [0.25, 0.3) is 0 Å². The largest absolute Gasteiger partial charge is 0.467 e. The predicted molar refractivity (Wildman–Crippen MR) is 64.7 cm³/mol. The normalized spacial score (nSPS) is 10.4. The Bertz CT molecular complexity index is 545. The molecule has 0 aliphatic carbocycles. The van der Waals surface area contributed by atoms with E-state index < -0.39 is 0 Å². The highest BCUT2D eigenvalue weighted by Crippen LogP contribution is 2.24. The first-order valence-corrected chi connectivity index (χ1v) is 5.55. The van der Waals surface area contributed by atoms with Crippen LogP contribution in [0.4, 0.5) is 5.82 Å². The number of aryl methyl sites for hydroxylation is 1. The topological polar surface area (TPSA) is 77.2 Å². The second-order valence-corrected chi connectivity index (χ2v) is 4.02. The van der Waals surface area contributed by atoms with Crippen molar-refractivity contribution >= 4 is 17.4 Å². The molecule has 0 fully saturated rings. The van der Waals surface area contributed by atoms with Crippen LogP contribution in [0, 0.1) is 6.92 Å². The molecular weight excluding hydrogens is 258 g/mol. The van der Waals surface area contributed by atoms with E-state index in [2.05, 4.69) is 20.1 Å². The maximum atomic E-state index is 6.03. The number of ether oxygens (including phenoxy) is 1. The summed E-state index contributed by atoms with van der Waals surface area (Å²) in [5, 5.41) is 4.24. The minimum absolute atomic E-state index is 0.255. The highest BCUT2D eigenvalue weighted by Gasteiger charge is 2.13. The van der Waals surface area contributed by atoms with Crippen molar-refractivity contribution in [1.82, 2.24) is 20.1 Å². The number of hydrogen-bond acceptors (Lipinski definition) is 7. The molecule has 0 aliphatic heterocycles. The van der Waals surface area contributed by atoms with Crippen molar-refractivity contribution in [3.63, 3.8) is 0 Å². The Morgan fingerprint density at radius 2 is 2.22 bits per heavy atom. The van der Waals surface area contributed by atoms with Crippen LogP contribution in [0.5, 0.6) is 6.01 Å². The van der Waals surface area contributed by atoms with Crippen LogP contribution >= 0.6 is 11.6 Å². The molecule has 0 radical (unpaired) electrons. The third kappa shape index (κ3) is 2.67. The fourth-order valence-electron chi connectivity index (χ4n) is 1.40. The van der Waals surface area contributed by atoms with E-state index in [1.165, 1.54) is 13.3 Å². The number of nitrogens with zero attached hydrogens (tertiary/aromatic N) is 5. The number of anilines is 1. The monoisotopic (exact) mass is 269 g/mol. The molecule has 96 valence electrons. The van der Waals surface area contributed by atoms with E-state index in [0.29, 0.717) is 29.1 Å². The van der Waals surface area contributed by atoms with Gasteiger partial charge in [-0.15, -0.1) is 0 Å². The standard InChI is InChI=1S/C10H12ClN5O2/c1-6-13-8(15-18-6)5-16(2)9-7(11)4-12-10(14-9)17-3/h4H,5H2,1-3H3. The van der Waals surface area contributed by atoms with E-state index in [9.17, 15) is 0 Å². The fraction of sp³-hybridized carbons (Fsp3) is 0.400. The minimum Gasteiger partial charge on any atom is -0.467 e. The van der Waals surface area contributed by atoms with E-state index >= 15 is 0 Å². The third-order valence-electron chi connectivity index (χ3n) is 2.20. The molecule has 2 aromatic heterocycles. The van der Waals surface area contributed by atoms with Crippen LogP contribution in [0.15, 0.2) is 10.7 Å². The number of aromatic nitrogens is 4. The first-order chi connectivity index (χ1) is 8.60. The van der Waals surface area contributed by atoms with Gasteiger partial charge < -0.3 is 14.2 Å². The van der Waals surface area contributed by atoms with Crippen molar-refractivity contribution in [2.24, 2.45) is 0 Å². The highest BCUT2D eigenvalue weighted by molar-refractivity contribution is 6.32. The molecule has 7 nitrogen and oxygen atoms in total. The fourth-order valence-corrected chi connectivity index (χ4v) is 1.64. The first-order valence-electron chi connectivity index (χ1n) is 5.17. The summed E-state index contributed by atoms with van der Waals surface area (Å²) < 4.78 is 9.86. The van der Waals surface area contributed by atoms with Gasteiger partial charge in [-0.25, -0.2) is 4.98 Å². The van der Waals surface area contributed by atoms with Gasteiger partial charge in [-0.2, -0.15) is 9.97 Å². The van der Waals surface area contributed by atoms with E-state index in [1.54, 1.807) is 11.8 Å². The lowest BCUT2D eigenvalue weighted by Crippen LogP contribution is -2.19. The molecular formula is C10H12ClN5O2. The SMILES string of the molecule is COc1ncc(Cl)c(N(C)Cc2noc(C)n2)n1. The molecule has 2 rings (SSSR count). The molecule has 18 heavy (non-hydrogen) atoms. The van der Waals surface area contributed by atoms with E-state index in [0.717, 1.165) is 0 Å². The first kappa shape index (κ1) is 12.6. The lowest BCUT2D eigenvalue weighted by Gasteiger charge is -2.17. The summed E-state index contributed by atoms with van der Waals surface area (Å²) >= 11 is 6.03. The maximum absolute atomic E-state index is 6.03. The molecule has 0 aliphatic rings. The number of halogens is 1. The van der Waals surface area contributed by atoms with Crippen molar-refractivity contribution < 1.29 is 9.26 Å². The third-order valence-corrected chi connectivity index (χ3v) is 2.46. The van der Waals surface area contributed by atoms with Gasteiger partial charge in [0.05, 0.1) is 19.9 Å². The van der Waals surface area contributed by atoms with Gasteiger partial charge in [0.15, 0.2) is 11.6 Å². The molecule has 0 spiro atoms. The number of hydrogen-bond donors (Lipinski definition) is 0. The van der Waals surface area contributed by atoms with Crippen molar-refractivity contribution in [3.8, 4) is 6.01 Å². The van der Waals surface area contributed by atoms with Crippen LogP contribution in [0.25, 0.3) is 0 Å². The zero-order valence-corrected chi connectivity index (χ0v) is 11.0.